The van der Waals surface area contributed by atoms with Crippen molar-refractivity contribution < 1.29 is 5.11 Å². The van der Waals surface area contributed by atoms with Crippen LogP contribution in [-0.4, -0.2) is 15.1 Å². The normalized spacial score (nSPS) is 12.4. The molecule has 94 valence electrons. The highest BCUT2D eigenvalue weighted by Gasteiger charge is 2.04. The maximum atomic E-state index is 9.40. The van der Waals surface area contributed by atoms with E-state index in [0.717, 1.165) is 15.6 Å². The average Bonchev–Trinajstić information content (AvgIpc) is 2.28. The molecular formula is C14H16N2OS. The molecule has 4 heteroatoms. The van der Waals surface area contributed by atoms with Gasteiger partial charge in [0, 0.05) is 16.8 Å². The Morgan fingerprint density at radius 1 is 1.22 bits per heavy atom. The monoisotopic (exact) mass is 260 g/mol. The van der Waals surface area contributed by atoms with Gasteiger partial charge in [0.05, 0.1) is 11.8 Å². The van der Waals surface area contributed by atoms with Crippen molar-refractivity contribution in [3.8, 4) is 0 Å². The molecule has 0 aliphatic heterocycles. The first-order chi connectivity index (χ1) is 8.54. The number of aryl methyl sites for hydroxylation is 2. The van der Waals surface area contributed by atoms with Gasteiger partial charge in [-0.1, -0.05) is 11.8 Å². The van der Waals surface area contributed by atoms with Crippen LogP contribution in [0.15, 0.2) is 40.4 Å². The van der Waals surface area contributed by atoms with Gasteiger partial charge in [-0.15, -0.1) is 0 Å². The largest absolute Gasteiger partial charge is 0.387 e. The molecule has 2 heterocycles. The number of hydrogen-bond donors (Lipinski definition) is 1. The minimum absolute atomic E-state index is 0.525. The topological polar surface area (TPSA) is 46.0 Å². The van der Waals surface area contributed by atoms with Crippen LogP contribution in [0, 0.1) is 13.8 Å². The Morgan fingerprint density at radius 3 is 2.56 bits per heavy atom. The molecule has 1 N–H and O–H groups in total. The predicted molar refractivity (Wildman–Crippen MR) is 72.7 cm³/mol. The summed E-state index contributed by atoms with van der Waals surface area (Å²) in [6.07, 6.45) is 1.25. The Bertz CT molecular complexity index is 518. The van der Waals surface area contributed by atoms with Crippen molar-refractivity contribution in [1.29, 1.82) is 0 Å². The van der Waals surface area contributed by atoms with Crippen molar-refractivity contribution in [3.05, 3.63) is 47.4 Å². The first kappa shape index (κ1) is 13.1. The second-order valence-electron chi connectivity index (χ2n) is 4.32. The molecule has 0 amide bonds. The summed E-state index contributed by atoms with van der Waals surface area (Å²) in [6.45, 7) is 5.76. The van der Waals surface area contributed by atoms with Crippen molar-refractivity contribution in [3.63, 3.8) is 0 Å². The minimum Gasteiger partial charge on any atom is -0.387 e. The van der Waals surface area contributed by atoms with Gasteiger partial charge >= 0.3 is 0 Å². The molecule has 0 fully saturated rings. The van der Waals surface area contributed by atoms with E-state index in [9.17, 15) is 5.11 Å². The summed E-state index contributed by atoms with van der Waals surface area (Å²) in [7, 11) is 0. The zero-order valence-electron chi connectivity index (χ0n) is 10.7. The second-order valence-corrected chi connectivity index (χ2v) is 5.41. The fourth-order valence-corrected chi connectivity index (χ4v) is 2.59. The zero-order chi connectivity index (χ0) is 13.1. The van der Waals surface area contributed by atoms with Gasteiger partial charge in [0.25, 0.3) is 0 Å². The fraction of sp³-hybridized carbons (Fsp3) is 0.286. The third kappa shape index (κ3) is 3.31. The third-order valence-electron chi connectivity index (χ3n) is 2.48. The minimum atomic E-state index is -0.525. The highest BCUT2D eigenvalue weighted by molar-refractivity contribution is 7.99. The van der Waals surface area contributed by atoms with Crippen molar-refractivity contribution in [2.45, 2.75) is 36.8 Å². The number of aliphatic hydroxyl groups excluding tert-OH is 1. The van der Waals surface area contributed by atoms with Gasteiger partial charge in [-0.2, -0.15) is 0 Å². The Balaban J connectivity index is 2.18. The van der Waals surface area contributed by atoms with E-state index in [0.29, 0.717) is 5.69 Å². The fourth-order valence-electron chi connectivity index (χ4n) is 1.68. The van der Waals surface area contributed by atoms with E-state index in [4.69, 9.17) is 0 Å². The molecule has 0 unspecified atom stereocenters. The molecule has 0 saturated carbocycles. The number of hydrogen-bond acceptors (Lipinski definition) is 4. The molecule has 0 aromatic carbocycles. The second kappa shape index (κ2) is 5.50. The number of aliphatic hydroxyl groups is 1. The Hall–Kier alpha value is -1.39. The van der Waals surface area contributed by atoms with Crippen LogP contribution in [0.1, 0.15) is 30.0 Å². The molecule has 0 bridgehead atoms. The lowest BCUT2D eigenvalue weighted by atomic mass is 10.2. The summed E-state index contributed by atoms with van der Waals surface area (Å²) < 4.78 is 0. The summed E-state index contributed by atoms with van der Waals surface area (Å²) in [6, 6.07) is 7.91. The molecule has 0 radical (unpaired) electrons. The Labute approximate surface area is 111 Å². The van der Waals surface area contributed by atoms with Crippen molar-refractivity contribution >= 4 is 11.8 Å². The first-order valence-electron chi connectivity index (χ1n) is 5.82. The van der Waals surface area contributed by atoms with E-state index in [1.165, 1.54) is 5.56 Å². The lowest BCUT2D eigenvalue weighted by molar-refractivity contribution is 0.194. The first-order valence-corrected chi connectivity index (χ1v) is 6.63. The van der Waals surface area contributed by atoms with E-state index in [1.807, 2.05) is 19.1 Å². The molecule has 2 rings (SSSR count). The number of pyridine rings is 2. The van der Waals surface area contributed by atoms with Gasteiger partial charge < -0.3 is 5.11 Å². The van der Waals surface area contributed by atoms with Crippen molar-refractivity contribution in [2.24, 2.45) is 0 Å². The SMILES string of the molecule is Cc1cc(C)nc(Sc2ccc([C@H](C)O)nc2)c1. The maximum absolute atomic E-state index is 9.40. The van der Waals surface area contributed by atoms with E-state index in [-0.39, 0.29) is 0 Å². The van der Waals surface area contributed by atoms with Crippen LogP contribution >= 0.6 is 11.8 Å². The highest BCUT2D eigenvalue weighted by atomic mass is 32.2. The molecule has 2 aromatic heterocycles. The van der Waals surface area contributed by atoms with Crippen LogP contribution in [0.3, 0.4) is 0 Å². The Kier molecular flexibility index (Phi) is 3.99. The van der Waals surface area contributed by atoms with Gasteiger partial charge in [0.15, 0.2) is 0 Å². The summed E-state index contributed by atoms with van der Waals surface area (Å²) in [5.74, 6) is 0. The van der Waals surface area contributed by atoms with Crippen molar-refractivity contribution in [2.75, 3.05) is 0 Å². The molecule has 18 heavy (non-hydrogen) atoms. The van der Waals surface area contributed by atoms with Crippen molar-refractivity contribution in [1.82, 2.24) is 9.97 Å². The molecule has 3 nitrogen and oxygen atoms in total. The smallest absolute Gasteiger partial charge is 0.101 e. The number of nitrogens with zero attached hydrogens (tertiary/aromatic N) is 2. The van der Waals surface area contributed by atoms with Crippen LogP contribution in [0.4, 0.5) is 0 Å². The molecule has 1 atom stereocenters. The highest BCUT2D eigenvalue weighted by Crippen LogP contribution is 2.27. The van der Waals surface area contributed by atoms with Gasteiger partial charge in [-0.05, 0) is 50.6 Å². The van der Waals surface area contributed by atoms with Gasteiger partial charge in [-0.3, -0.25) is 4.98 Å². The molecule has 0 spiro atoms. The average molecular weight is 260 g/mol. The van der Waals surface area contributed by atoms with E-state index < -0.39 is 6.10 Å². The zero-order valence-corrected chi connectivity index (χ0v) is 11.5. The van der Waals surface area contributed by atoms with Crippen LogP contribution in [-0.2, 0) is 0 Å². The predicted octanol–water partition coefficient (Wildman–Crippen LogP) is 3.30. The molecule has 0 aliphatic rings. The van der Waals surface area contributed by atoms with Crippen LogP contribution < -0.4 is 0 Å². The van der Waals surface area contributed by atoms with Gasteiger partial charge in [-0.25, -0.2) is 4.98 Å². The van der Waals surface area contributed by atoms with Crippen LogP contribution in [0.2, 0.25) is 0 Å². The quantitative estimate of drug-likeness (QED) is 0.919. The summed E-state index contributed by atoms with van der Waals surface area (Å²) in [5, 5.41) is 10.4. The summed E-state index contributed by atoms with van der Waals surface area (Å²) >= 11 is 1.58. The van der Waals surface area contributed by atoms with Crippen LogP contribution in [0.25, 0.3) is 0 Å². The molecule has 0 saturated heterocycles. The summed E-state index contributed by atoms with van der Waals surface area (Å²) in [4.78, 5) is 9.72. The van der Waals surface area contributed by atoms with Gasteiger partial charge in [0.1, 0.15) is 5.03 Å². The lowest BCUT2D eigenvalue weighted by Gasteiger charge is -2.06. The van der Waals surface area contributed by atoms with E-state index in [1.54, 1.807) is 24.9 Å². The van der Waals surface area contributed by atoms with Crippen LogP contribution in [0.5, 0.6) is 0 Å². The molecule has 2 aromatic rings. The van der Waals surface area contributed by atoms with E-state index in [2.05, 4.69) is 29.0 Å². The number of rotatable bonds is 3. The Morgan fingerprint density at radius 2 is 2.00 bits per heavy atom. The van der Waals surface area contributed by atoms with E-state index >= 15 is 0 Å². The summed E-state index contributed by atoms with van der Waals surface area (Å²) in [5.41, 5.74) is 2.91. The third-order valence-corrected chi connectivity index (χ3v) is 3.38. The maximum Gasteiger partial charge on any atom is 0.101 e. The molecule has 0 aliphatic carbocycles. The lowest BCUT2D eigenvalue weighted by Crippen LogP contribution is -1.94. The molecular weight excluding hydrogens is 244 g/mol. The standard InChI is InChI=1S/C14H16N2OS/c1-9-6-10(2)16-14(7-9)18-12-4-5-13(11(3)17)15-8-12/h4-8,11,17H,1-3H3/t11-/m0/s1. The number of aromatic nitrogens is 2. The van der Waals surface area contributed by atoms with Gasteiger partial charge in [0.2, 0.25) is 0 Å².